The highest BCUT2D eigenvalue weighted by Crippen LogP contribution is 2.17. The van der Waals surface area contributed by atoms with E-state index in [0.717, 1.165) is 16.0 Å². The predicted octanol–water partition coefficient (Wildman–Crippen LogP) is 3.37. The van der Waals surface area contributed by atoms with Gasteiger partial charge >= 0.3 is 6.18 Å². The summed E-state index contributed by atoms with van der Waals surface area (Å²) in [6, 6.07) is 5.19. The highest BCUT2D eigenvalue weighted by atomic mass is 19.4. The number of rotatable bonds is 5. The second kappa shape index (κ2) is 6.19. The zero-order valence-electron chi connectivity index (χ0n) is 11.3. The van der Waals surface area contributed by atoms with Crippen molar-refractivity contribution in [1.82, 2.24) is 4.90 Å². The fourth-order valence-electron chi connectivity index (χ4n) is 1.74. The van der Waals surface area contributed by atoms with Gasteiger partial charge in [-0.3, -0.25) is 9.69 Å². The molecule has 0 saturated carbocycles. The highest BCUT2D eigenvalue weighted by Gasteiger charge is 2.30. The lowest BCUT2D eigenvalue weighted by Gasteiger charge is -2.21. The van der Waals surface area contributed by atoms with Crippen LogP contribution in [-0.4, -0.2) is 36.5 Å². The Bertz CT molecular complexity index is 454. The summed E-state index contributed by atoms with van der Waals surface area (Å²) >= 11 is 0. The summed E-state index contributed by atoms with van der Waals surface area (Å²) in [5.74, 6) is -0.283. The fraction of sp³-hybridized carbons (Fsp3) is 0.500. The number of hydrogen-bond acceptors (Lipinski definition) is 2. The minimum atomic E-state index is -4.28. The van der Waals surface area contributed by atoms with Gasteiger partial charge in [0.2, 0.25) is 0 Å². The largest absolute Gasteiger partial charge is 0.401 e. The first kappa shape index (κ1) is 15.7. The molecule has 19 heavy (non-hydrogen) atoms. The maximum absolute atomic E-state index is 12.3. The van der Waals surface area contributed by atoms with Crippen molar-refractivity contribution in [2.24, 2.45) is 0 Å². The molecule has 0 bridgehead atoms. The average Bonchev–Trinajstić information content (AvgIpc) is 2.29. The van der Waals surface area contributed by atoms with Gasteiger partial charge in [0.25, 0.3) is 0 Å². The van der Waals surface area contributed by atoms with Gasteiger partial charge in [-0.15, -0.1) is 0 Å². The van der Waals surface area contributed by atoms with E-state index >= 15 is 0 Å². The van der Waals surface area contributed by atoms with Crippen LogP contribution in [0.25, 0.3) is 0 Å². The van der Waals surface area contributed by atoms with Gasteiger partial charge in [0.05, 0.1) is 13.1 Å². The Kier molecular flexibility index (Phi) is 5.11. The molecule has 5 heteroatoms. The van der Waals surface area contributed by atoms with Crippen LogP contribution < -0.4 is 0 Å². The SMILES string of the molecule is CCN(CC(=O)c1ccc(C)c(C)c1)CC(F)(F)F. The van der Waals surface area contributed by atoms with E-state index in [2.05, 4.69) is 0 Å². The summed E-state index contributed by atoms with van der Waals surface area (Å²) < 4.78 is 36.9. The van der Waals surface area contributed by atoms with E-state index in [1.54, 1.807) is 19.1 Å². The van der Waals surface area contributed by atoms with Gasteiger partial charge in [0.15, 0.2) is 5.78 Å². The first-order valence-corrected chi connectivity index (χ1v) is 6.12. The van der Waals surface area contributed by atoms with E-state index in [1.807, 2.05) is 19.9 Å². The summed E-state index contributed by atoms with van der Waals surface area (Å²) in [5, 5.41) is 0. The predicted molar refractivity (Wildman–Crippen MR) is 68.4 cm³/mol. The van der Waals surface area contributed by atoms with Crippen molar-refractivity contribution in [1.29, 1.82) is 0 Å². The number of halogens is 3. The number of carbonyl (C=O) groups is 1. The standard InChI is InChI=1S/C14H18F3NO/c1-4-18(9-14(15,16)17)8-13(19)12-6-5-10(2)11(3)7-12/h5-7H,4,8-9H2,1-3H3. The number of likely N-dealkylation sites (N-methyl/N-ethyl adjacent to an activating group) is 1. The molecular weight excluding hydrogens is 255 g/mol. The number of ketones is 1. The molecular formula is C14H18F3NO. The summed E-state index contributed by atoms with van der Waals surface area (Å²) in [7, 11) is 0. The number of carbonyl (C=O) groups excluding carboxylic acids is 1. The molecule has 1 rings (SSSR count). The Morgan fingerprint density at radius 2 is 1.84 bits per heavy atom. The molecule has 0 heterocycles. The van der Waals surface area contributed by atoms with Crippen molar-refractivity contribution in [2.75, 3.05) is 19.6 Å². The fourth-order valence-corrected chi connectivity index (χ4v) is 1.74. The van der Waals surface area contributed by atoms with Crippen molar-refractivity contribution in [2.45, 2.75) is 26.9 Å². The number of benzene rings is 1. The van der Waals surface area contributed by atoms with Gasteiger partial charge in [0.1, 0.15) is 0 Å². The highest BCUT2D eigenvalue weighted by molar-refractivity contribution is 5.97. The molecule has 0 radical (unpaired) electrons. The van der Waals surface area contributed by atoms with Crippen LogP contribution >= 0.6 is 0 Å². The third-order valence-corrected chi connectivity index (χ3v) is 3.05. The van der Waals surface area contributed by atoms with Crippen molar-refractivity contribution in [3.63, 3.8) is 0 Å². The molecule has 0 fully saturated rings. The Morgan fingerprint density at radius 1 is 1.21 bits per heavy atom. The molecule has 1 aromatic carbocycles. The molecule has 0 spiro atoms. The van der Waals surface area contributed by atoms with E-state index in [4.69, 9.17) is 0 Å². The van der Waals surface area contributed by atoms with Crippen LogP contribution in [0.1, 0.15) is 28.4 Å². The molecule has 0 atom stereocenters. The maximum Gasteiger partial charge on any atom is 0.401 e. The van der Waals surface area contributed by atoms with Crippen molar-refractivity contribution < 1.29 is 18.0 Å². The van der Waals surface area contributed by atoms with Gasteiger partial charge in [-0.1, -0.05) is 19.1 Å². The van der Waals surface area contributed by atoms with Crippen LogP contribution in [0.4, 0.5) is 13.2 Å². The van der Waals surface area contributed by atoms with E-state index in [-0.39, 0.29) is 18.9 Å². The second-order valence-electron chi connectivity index (χ2n) is 4.64. The topological polar surface area (TPSA) is 20.3 Å². The first-order chi connectivity index (χ1) is 8.73. The molecule has 1 aromatic rings. The number of alkyl halides is 3. The van der Waals surface area contributed by atoms with Crippen molar-refractivity contribution in [3.05, 3.63) is 34.9 Å². The number of Topliss-reactive ketones (excluding diaryl/α,β-unsaturated/α-hetero) is 1. The molecule has 0 aromatic heterocycles. The zero-order chi connectivity index (χ0) is 14.6. The molecule has 0 saturated heterocycles. The van der Waals surface area contributed by atoms with Crippen LogP contribution in [-0.2, 0) is 0 Å². The van der Waals surface area contributed by atoms with Crippen LogP contribution in [0, 0.1) is 13.8 Å². The van der Waals surface area contributed by atoms with Gasteiger partial charge in [0, 0.05) is 5.56 Å². The van der Waals surface area contributed by atoms with Crippen LogP contribution in [0.15, 0.2) is 18.2 Å². The maximum atomic E-state index is 12.3. The third kappa shape index (κ3) is 5.03. The molecule has 0 aliphatic heterocycles. The first-order valence-electron chi connectivity index (χ1n) is 6.12. The molecule has 0 amide bonds. The normalized spacial score (nSPS) is 11.9. The molecule has 0 aliphatic carbocycles. The van der Waals surface area contributed by atoms with Crippen molar-refractivity contribution >= 4 is 5.78 Å². The zero-order valence-corrected chi connectivity index (χ0v) is 11.3. The Labute approximate surface area is 111 Å². The molecule has 0 unspecified atom stereocenters. The lowest BCUT2D eigenvalue weighted by molar-refractivity contribution is -0.144. The molecule has 0 N–H and O–H groups in total. The Hall–Kier alpha value is -1.36. The van der Waals surface area contributed by atoms with E-state index < -0.39 is 12.7 Å². The van der Waals surface area contributed by atoms with Crippen LogP contribution in [0.3, 0.4) is 0 Å². The van der Waals surface area contributed by atoms with Crippen LogP contribution in [0.2, 0.25) is 0 Å². The van der Waals surface area contributed by atoms with E-state index in [0.29, 0.717) is 5.56 Å². The molecule has 2 nitrogen and oxygen atoms in total. The van der Waals surface area contributed by atoms with E-state index in [1.165, 1.54) is 0 Å². The third-order valence-electron chi connectivity index (χ3n) is 3.05. The number of nitrogens with zero attached hydrogens (tertiary/aromatic N) is 1. The van der Waals surface area contributed by atoms with Crippen LogP contribution in [0.5, 0.6) is 0 Å². The lowest BCUT2D eigenvalue weighted by atomic mass is 10.0. The van der Waals surface area contributed by atoms with Gasteiger partial charge < -0.3 is 0 Å². The summed E-state index contributed by atoms with van der Waals surface area (Å²) in [6.45, 7) is 4.33. The quantitative estimate of drug-likeness (QED) is 0.767. The lowest BCUT2D eigenvalue weighted by Crippen LogP contribution is -2.37. The molecule has 106 valence electrons. The smallest absolute Gasteiger partial charge is 0.293 e. The monoisotopic (exact) mass is 273 g/mol. The van der Waals surface area contributed by atoms with Gasteiger partial charge in [-0.05, 0) is 37.6 Å². The summed E-state index contributed by atoms with van der Waals surface area (Å²) in [6.07, 6.45) is -4.28. The number of aryl methyl sites for hydroxylation is 2. The van der Waals surface area contributed by atoms with Gasteiger partial charge in [-0.25, -0.2) is 0 Å². The Morgan fingerprint density at radius 3 is 2.32 bits per heavy atom. The molecule has 0 aliphatic rings. The number of hydrogen-bond donors (Lipinski definition) is 0. The minimum Gasteiger partial charge on any atom is -0.293 e. The van der Waals surface area contributed by atoms with Crippen molar-refractivity contribution in [3.8, 4) is 0 Å². The van der Waals surface area contributed by atoms with E-state index in [9.17, 15) is 18.0 Å². The van der Waals surface area contributed by atoms with Gasteiger partial charge in [-0.2, -0.15) is 13.2 Å². The summed E-state index contributed by atoms with van der Waals surface area (Å²) in [4.78, 5) is 13.0. The summed E-state index contributed by atoms with van der Waals surface area (Å²) in [5.41, 5.74) is 2.48. The average molecular weight is 273 g/mol. The Balaban J connectivity index is 2.74. The minimum absolute atomic E-state index is 0.191. The second-order valence-corrected chi connectivity index (χ2v) is 4.64.